The van der Waals surface area contributed by atoms with Gasteiger partial charge in [-0.2, -0.15) is 0 Å². The van der Waals surface area contributed by atoms with E-state index in [0.29, 0.717) is 5.13 Å². The number of anilines is 1. The van der Waals surface area contributed by atoms with Gasteiger partial charge in [0.1, 0.15) is 5.01 Å². The van der Waals surface area contributed by atoms with Gasteiger partial charge in [-0.15, -0.1) is 10.2 Å². The second kappa shape index (κ2) is 9.19. The first-order valence-corrected chi connectivity index (χ1v) is 7.78. The van der Waals surface area contributed by atoms with Crippen LogP contribution in [0.2, 0.25) is 0 Å². The summed E-state index contributed by atoms with van der Waals surface area (Å²) < 4.78 is 0. The molecule has 0 atom stereocenters. The fraction of sp³-hybridized carbons (Fsp3) is 0.833. The molecule has 0 fully saturated rings. The van der Waals surface area contributed by atoms with Gasteiger partial charge in [-0.1, -0.05) is 32.1 Å². The minimum Gasteiger partial charge on any atom is -0.304 e. The molecule has 110 valence electrons. The maximum absolute atomic E-state index is 5.31. The molecule has 0 aliphatic heterocycles. The molecule has 0 saturated carbocycles. The van der Waals surface area contributed by atoms with Gasteiger partial charge in [-0.05, 0) is 39.1 Å². The first-order chi connectivity index (χ1) is 9.23. The van der Waals surface area contributed by atoms with Crippen LogP contribution in [0.15, 0.2) is 0 Å². The Morgan fingerprint density at radius 3 is 2.21 bits per heavy atom. The lowest BCUT2D eigenvalue weighted by atomic mass is 10.3. The van der Waals surface area contributed by atoms with E-state index in [1.807, 2.05) is 0 Å². The van der Waals surface area contributed by atoms with Crippen molar-refractivity contribution in [3.63, 3.8) is 0 Å². The van der Waals surface area contributed by atoms with Crippen molar-refractivity contribution in [2.24, 2.45) is 5.84 Å². The van der Waals surface area contributed by atoms with Crippen LogP contribution in [0, 0.1) is 0 Å². The minimum absolute atomic E-state index is 0.675. The van der Waals surface area contributed by atoms with Crippen LogP contribution in [-0.2, 0) is 6.54 Å². The average molecular weight is 286 g/mol. The highest BCUT2D eigenvalue weighted by Crippen LogP contribution is 2.15. The number of rotatable bonds is 10. The van der Waals surface area contributed by atoms with Crippen LogP contribution in [0.1, 0.15) is 32.2 Å². The molecule has 19 heavy (non-hydrogen) atoms. The largest absolute Gasteiger partial charge is 0.304 e. The SMILES string of the molecule is CCN(CC)CCCN(CC)Cc1nnc(NN)s1. The third kappa shape index (κ3) is 5.82. The molecule has 0 aromatic carbocycles. The van der Waals surface area contributed by atoms with Crippen molar-refractivity contribution in [2.75, 3.05) is 38.1 Å². The maximum Gasteiger partial charge on any atom is 0.219 e. The van der Waals surface area contributed by atoms with Crippen LogP contribution in [0.5, 0.6) is 0 Å². The molecule has 1 rings (SSSR count). The van der Waals surface area contributed by atoms with E-state index in [0.717, 1.165) is 44.3 Å². The van der Waals surface area contributed by atoms with Crippen molar-refractivity contribution in [3.8, 4) is 0 Å². The van der Waals surface area contributed by atoms with Crippen LogP contribution in [0.25, 0.3) is 0 Å². The van der Waals surface area contributed by atoms with Gasteiger partial charge in [-0.25, -0.2) is 5.84 Å². The summed E-state index contributed by atoms with van der Waals surface area (Å²) >= 11 is 1.51. The van der Waals surface area contributed by atoms with Gasteiger partial charge in [0.25, 0.3) is 0 Å². The molecule has 0 spiro atoms. The maximum atomic E-state index is 5.31. The van der Waals surface area contributed by atoms with E-state index in [2.05, 4.69) is 46.2 Å². The van der Waals surface area contributed by atoms with E-state index in [1.54, 1.807) is 0 Å². The summed E-state index contributed by atoms with van der Waals surface area (Å²) in [7, 11) is 0. The van der Waals surface area contributed by atoms with Gasteiger partial charge in [0.05, 0.1) is 6.54 Å². The van der Waals surface area contributed by atoms with Crippen molar-refractivity contribution in [1.29, 1.82) is 0 Å². The summed E-state index contributed by atoms with van der Waals surface area (Å²) in [4.78, 5) is 4.85. The van der Waals surface area contributed by atoms with Crippen LogP contribution >= 0.6 is 11.3 Å². The molecule has 0 aliphatic carbocycles. The summed E-state index contributed by atoms with van der Waals surface area (Å²) in [6, 6.07) is 0. The van der Waals surface area contributed by atoms with E-state index in [9.17, 15) is 0 Å². The fourth-order valence-electron chi connectivity index (χ4n) is 1.97. The van der Waals surface area contributed by atoms with Crippen molar-refractivity contribution in [2.45, 2.75) is 33.7 Å². The second-order valence-corrected chi connectivity index (χ2v) is 5.46. The van der Waals surface area contributed by atoms with Gasteiger partial charge in [0.2, 0.25) is 5.13 Å². The Labute approximate surface area is 120 Å². The van der Waals surface area contributed by atoms with E-state index in [4.69, 9.17) is 5.84 Å². The van der Waals surface area contributed by atoms with Gasteiger partial charge in [0, 0.05) is 0 Å². The summed E-state index contributed by atoms with van der Waals surface area (Å²) in [6.45, 7) is 13.0. The topological polar surface area (TPSA) is 70.3 Å². The molecule has 3 N–H and O–H groups in total. The molecular weight excluding hydrogens is 260 g/mol. The van der Waals surface area contributed by atoms with E-state index >= 15 is 0 Å². The summed E-state index contributed by atoms with van der Waals surface area (Å²) in [5.41, 5.74) is 2.53. The second-order valence-electron chi connectivity index (χ2n) is 4.39. The van der Waals surface area contributed by atoms with E-state index < -0.39 is 0 Å². The Morgan fingerprint density at radius 1 is 1.05 bits per heavy atom. The lowest BCUT2D eigenvalue weighted by Gasteiger charge is -2.22. The van der Waals surface area contributed by atoms with Gasteiger partial charge < -0.3 is 4.90 Å². The molecule has 0 saturated heterocycles. The Bertz CT molecular complexity index is 339. The summed E-state index contributed by atoms with van der Waals surface area (Å²) in [5, 5.41) is 9.77. The predicted molar refractivity (Wildman–Crippen MR) is 81.1 cm³/mol. The van der Waals surface area contributed by atoms with Crippen LogP contribution in [0.4, 0.5) is 5.13 Å². The molecular formula is C12H26N6S. The first kappa shape index (κ1) is 16.3. The highest BCUT2D eigenvalue weighted by atomic mass is 32.1. The molecule has 0 bridgehead atoms. The highest BCUT2D eigenvalue weighted by Gasteiger charge is 2.09. The molecule has 0 radical (unpaired) electrons. The molecule has 0 aliphatic rings. The van der Waals surface area contributed by atoms with Gasteiger partial charge in [0.15, 0.2) is 0 Å². The average Bonchev–Trinajstić information content (AvgIpc) is 2.90. The lowest BCUT2D eigenvalue weighted by Crippen LogP contribution is -2.29. The van der Waals surface area contributed by atoms with Crippen molar-refractivity contribution in [3.05, 3.63) is 5.01 Å². The third-order valence-corrected chi connectivity index (χ3v) is 4.08. The predicted octanol–water partition coefficient (Wildman–Crippen LogP) is 1.38. The fourth-order valence-corrected chi connectivity index (χ4v) is 2.67. The van der Waals surface area contributed by atoms with E-state index in [-0.39, 0.29) is 0 Å². The number of nitrogens with two attached hydrogens (primary N) is 1. The number of nitrogens with one attached hydrogen (secondary N) is 1. The quantitative estimate of drug-likeness (QED) is 0.500. The highest BCUT2D eigenvalue weighted by molar-refractivity contribution is 7.15. The van der Waals surface area contributed by atoms with Crippen LogP contribution in [0.3, 0.4) is 0 Å². The molecule has 0 amide bonds. The minimum atomic E-state index is 0.675. The molecule has 7 heteroatoms. The van der Waals surface area contributed by atoms with Gasteiger partial charge >= 0.3 is 0 Å². The molecule has 1 aromatic rings. The Balaban J connectivity index is 2.33. The third-order valence-electron chi connectivity index (χ3n) is 3.24. The van der Waals surface area contributed by atoms with E-state index in [1.165, 1.54) is 17.8 Å². The molecule has 1 aromatic heterocycles. The Hall–Kier alpha value is -0.760. The number of hydrogen-bond donors (Lipinski definition) is 2. The van der Waals surface area contributed by atoms with Crippen molar-refractivity contribution >= 4 is 16.5 Å². The molecule has 1 heterocycles. The molecule has 0 unspecified atom stereocenters. The number of hydrogen-bond acceptors (Lipinski definition) is 7. The molecule has 6 nitrogen and oxygen atoms in total. The first-order valence-electron chi connectivity index (χ1n) is 6.97. The number of aromatic nitrogens is 2. The Morgan fingerprint density at radius 2 is 1.68 bits per heavy atom. The van der Waals surface area contributed by atoms with Crippen LogP contribution < -0.4 is 11.3 Å². The summed E-state index contributed by atoms with van der Waals surface area (Å²) in [5.74, 6) is 5.31. The van der Waals surface area contributed by atoms with Gasteiger partial charge in [-0.3, -0.25) is 10.3 Å². The van der Waals surface area contributed by atoms with Crippen LogP contribution in [-0.4, -0.2) is 52.7 Å². The number of nitrogen functional groups attached to an aromatic ring is 1. The number of hydrazine groups is 1. The smallest absolute Gasteiger partial charge is 0.219 e. The normalized spacial score (nSPS) is 11.5. The monoisotopic (exact) mass is 286 g/mol. The zero-order valence-electron chi connectivity index (χ0n) is 12.2. The standard InChI is InChI=1S/C12H26N6S/c1-4-17(5-2)8-7-9-18(6-3)10-11-15-16-12(14-13)19-11/h4-10,13H2,1-3H3,(H,14,16). The zero-order chi connectivity index (χ0) is 14.1. The van der Waals surface area contributed by atoms with Crippen molar-refractivity contribution in [1.82, 2.24) is 20.0 Å². The Kier molecular flexibility index (Phi) is 7.88. The lowest BCUT2D eigenvalue weighted by molar-refractivity contribution is 0.238. The summed E-state index contributed by atoms with van der Waals surface area (Å²) in [6.07, 6.45) is 1.19. The van der Waals surface area contributed by atoms with Crippen molar-refractivity contribution < 1.29 is 0 Å². The zero-order valence-corrected chi connectivity index (χ0v) is 13.0. The number of nitrogens with zero attached hydrogens (tertiary/aromatic N) is 4.